The maximum atomic E-state index is 10.6. The van der Waals surface area contributed by atoms with Gasteiger partial charge in [0.05, 0.1) is 7.11 Å². The van der Waals surface area contributed by atoms with E-state index in [0.717, 1.165) is 16.9 Å². The Morgan fingerprint density at radius 2 is 2.27 bits per heavy atom. The summed E-state index contributed by atoms with van der Waals surface area (Å²) in [7, 11) is 1.59. The van der Waals surface area contributed by atoms with Gasteiger partial charge in [-0.1, -0.05) is 12.1 Å². The third kappa shape index (κ3) is 2.95. The van der Waals surface area contributed by atoms with E-state index in [4.69, 9.17) is 15.6 Å². The van der Waals surface area contributed by atoms with Crippen LogP contribution in [0.5, 0.6) is 5.75 Å². The predicted octanol–water partition coefficient (Wildman–Crippen LogP) is 0.958. The van der Waals surface area contributed by atoms with Crippen molar-refractivity contribution in [2.75, 3.05) is 7.11 Å². The molecule has 0 aromatic heterocycles. The van der Waals surface area contributed by atoms with Crippen molar-refractivity contribution in [2.45, 2.75) is 19.4 Å². The Hall–Kier alpha value is -1.55. The Labute approximate surface area is 88.7 Å². The summed E-state index contributed by atoms with van der Waals surface area (Å²) in [5.41, 5.74) is 7.32. The third-order valence-corrected chi connectivity index (χ3v) is 2.25. The topological polar surface area (TPSA) is 72.5 Å². The smallest absolute Gasteiger partial charge is 0.320 e. The van der Waals surface area contributed by atoms with Gasteiger partial charge in [0.2, 0.25) is 0 Å². The van der Waals surface area contributed by atoms with Crippen LogP contribution in [-0.4, -0.2) is 24.2 Å². The van der Waals surface area contributed by atoms with E-state index in [1.54, 1.807) is 7.11 Å². The van der Waals surface area contributed by atoms with Crippen molar-refractivity contribution in [1.82, 2.24) is 0 Å². The molecule has 1 atom stereocenters. The zero-order valence-corrected chi connectivity index (χ0v) is 8.86. The Morgan fingerprint density at radius 1 is 1.60 bits per heavy atom. The molecule has 0 radical (unpaired) electrons. The third-order valence-electron chi connectivity index (χ3n) is 2.25. The first-order valence-electron chi connectivity index (χ1n) is 4.66. The maximum absolute atomic E-state index is 10.6. The van der Waals surface area contributed by atoms with Crippen molar-refractivity contribution in [3.63, 3.8) is 0 Å². The number of methoxy groups -OCH3 is 1. The number of ether oxygens (including phenoxy) is 1. The number of hydrogen-bond acceptors (Lipinski definition) is 3. The number of carboxylic acid groups (broad SMARTS) is 1. The van der Waals surface area contributed by atoms with Gasteiger partial charge in [0.25, 0.3) is 0 Å². The zero-order valence-electron chi connectivity index (χ0n) is 8.86. The summed E-state index contributed by atoms with van der Waals surface area (Å²) in [5.74, 6) is -0.236. The minimum absolute atomic E-state index is 0.311. The molecule has 1 rings (SSSR count). The lowest BCUT2D eigenvalue weighted by Crippen LogP contribution is -2.32. The Bertz CT molecular complexity index is 363. The summed E-state index contributed by atoms with van der Waals surface area (Å²) in [6.07, 6.45) is 0.311. The van der Waals surface area contributed by atoms with Gasteiger partial charge in [-0.2, -0.15) is 0 Å². The largest absolute Gasteiger partial charge is 0.496 e. The normalized spacial score (nSPS) is 12.2. The molecule has 0 heterocycles. The van der Waals surface area contributed by atoms with E-state index in [-0.39, 0.29) is 0 Å². The lowest BCUT2D eigenvalue weighted by Gasteiger charge is -2.09. The molecular weight excluding hydrogens is 194 g/mol. The van der Waals surface area contributed by atoms with Gasteiger partial charge in [-0.25, -0.2) is 0 Å². The lowest BCUT2D eigenvalue weighted by molar-refractivity contribution is -0.138. The van der Waals surface area contributed by atoms with Crippen LogP contribution in [-0.2, 0) is 11.2 Å². The summed E-state index contributed by atoms with van der Waals surface area (Å²) in [5, 5.41) is 8.67. The highest BCUT2D eigenvalue weighted by atomic mass is 16.5. The second kappa shape index (κ2) is 4.79. The predicted molar refractivity (Wildman–Crippen MR) is 57.0 cm³/mol. The van der Waals surface area contributed by atoms with Gasteiger partial charge in [0.1, 0.15) is 11.8 Å². The van der Waals surface area contributed by atoms with Gasteiger partial charge in [0.15, 0.2) is 0 Å². The molecule has 3 N–H and O–H groups in total. The monoisotopic (exact) mass is 209 g/mol. The van der Waals surface area contributed by atoms with Crippen molar-refractivity contribution in [1.29, 1.82) is 0 Å². The molecule has 0 aliphatic heterocycles. The highest BCUT2D eigenvalue weighted by molar-refractivity contribution is 5.73. The molecule has 0 fully saturated rings. The molecule has 0 amide bonds. The van der Waals surface area contributed by atoms with Gasteiger partial charge < -0.3 is 15.6 Å². The van der Waals surface area contributed by atoms with Crippen molar-refractivity contribution in [2.24, 2.45) is 5.73 Å². The molecule has 1 unspecified atom stereocenters. The summed E-state index contributed by atoms with van der Waals surface area (Å²) >= 11 is 0. The Kier molecular flexibility index (Phi) is 3.68. The highest BCUT2D eigenvalue weighted by Gasteiger charge is 2.12. The molecule has 1 aromatic carbocycles. The molecule has 0 spiro atoms. The van der Waals surface area contributed by atoms with Crippen LogP contribution in [0, 0.1) is 6.92 Å². The number of aliphatic carboxylic acids is 1. The second-order valence-electron chi connectivity index (χ2n) is 3.45. The summed E-state index contributed by atoms with van der Waals surface area (Å²) in [6, 6.07) is 4.71. The van der Waals surface area contributed by atoms with Crippen molar-refractivity contribution >= 4 is 5.97 Å². The Morgan fingerprint density at radius 3 is 2.80 bits per heavy atom. The minimum Gasteiger partial charge on any atom is -0.496 e. The fourth-order valence-electron chi connectivity index (χ4n) is 1.33. The average molecular weight is 209 g/mol. The number of carboxylic acids is 1. The van der Waals surface area contributed by atoms with Crippen LogP contribution in [0.3, 0.4) is 0 Å². The lowest BCUT2D eigenvalue weighted by atomic mass is 10.0. The number of benzene rings is 1. The molecule has 0 saturated carbocycles. The molecule has 4 heteroatoms. The van der Waals surface area contributed by atoms with E-state index in [1.165, 1.54) is 0 Å². The van der Waals surface area contributed by atoms with Gasteiger partial charge in [-0.05, 0) is 30.5 Å². The van der Waals surface area contributed by atoms with Crippen LogP contribution in [0.15, 0.2) is 18.2 Å². The highest BCUT2D eigenvalue weighted by Crippen LogP contribution is 2.19. The van der Waals surface area contributed by atoms with E-state index in [2.05, 4.69) is 0 Å². The number of hydrogen-bond donors (Lipinski definition) is 2. The fraction of sp³-hybridized carbons (Fsp3) is 0.364. The van der Waals surface area contributed by atoms with Crippen LogP contribution in [0.1, 0.15) is 11.1 Å². The molecule has 0 aliphatic carbocycles. The molecule has 1 aromatic rings. The molecule has 15 heavy (non-hydrogen) atoms. The quantitative estimate of drug-likeness (QED) is 0.774. The SMILES string of the molecule is COc1cc(CC(N)C(=O)O)ccc1C. The summed E-state index contributed by atoms with van der Waals surface area (Å²) in [6.45, 7) is 1.93. The van der Waals surface area contributed by atoms with Crippen molar-refractivity contribution in [3.05, 3.63) is 29.3 Å². The van der Waals surface area contributed by atoms with Crippen molar-refractivity contribution < 1.29 is 14.6 Å². The zero-order chi connectivity index (χ0) is 11.4. The van der Waals surface area contributed by atoms with E-state index < -0.39 is 12.0 Å². The van der Waals surface area contributed by atoms with Crippen molar-refractivity contribution in [3.8, 4) is 5.75 Å². The second-order valence-corrected chi connectivity index (χ2v) is 3.45. The first-order chi connectivity index (χ1) is 7.04. The molecule has 82 valence electrons. The van der Waals surface area contributed by atoms with E-state index >= 15 is 0 Å². The Balaban J connectivity index is 2.83. The van der Waals surface area contributed by atoms with Crippen LogP contribution >= 0.6 is 0 Å². The minimum atomic E-state index is -0.991. The van der Waals surface area contributed by atoms with Crippen LogP contribution in [0.2, 0.25) is 0 Å². The molecule has 0 saturated heterocycles. The summed E-state index contributed by atoms with van der Waals surface area (Å²) in [4.78, 5) is 10.6. The maximum Gasteiger partial charge on any atom is 0.320 e. The van der Waals surface area contributed by atoms with Crippen LogP contribution < -0.4 is 10.5 Å². The van der Waals surface area contributed by atoms with Crippen LogP contribution in [0.4, 0.5) is 0 Å². The van der Waals surface area contributed by atoms with E-state index in [1.807, 2.05) is 25.1 Å². The van der Waals surface area contributed by atoms with Crippen LogP contribution in [0.25, 0.3) is 0 Å². The number of rotatable bonds is 4. The first kappa shape index (κ1) is 11.5. The first-order valence-corrected chi connectivity index (χ1v) is 4.66. The van der Waals surface area contributed by atoms with Gasteiger partial charge in [0, 0.05) is 0 Å². The number of aryl methyl sites for hydroxylation is 1. The molecule has 4 nitrogen and oxygen atoms in total. The number of nitrogens with two attached hydrogens (primary N) is 1. The van der Waals surface area contributed by atoms with Gasteiger partial charge >= 0.3 is 5.97 Å². The van der Waals surface area contributed by atoms with E-state index in [9.17, 15) is 4.79 Å². The summed E-state index contributed by atoms with van der Waals surface area (Å²) < 4.78 is 5.14. The van der Waals surface area contributed by atoms with Gasteiger partial charge in [-0.3, -0.25) is 4.79 Å². The molecular formula is C11H15NO3. The number of carbonyl (C=O) groups is 1. The van der Waals surface area contributed by atoms with Gasteiger partial charge in [-0.15, -0.1) is 0 Å². The fourth-order valence-corrected chi connectivity index (χ4v) is 1.33. The standard InChI is InChI=1S/C11H15NO3/c1-7-3-4-8(6-10(7)15-2)5-9(12)11(13)14/h3-4,6,9H,5,12H2,1-2H3,(H,13,14). The van der Waals surface area contributed by atoms with E-state index in [0.29, 0.717) is 6.42 Å². The average Bonchev–Trinajstić information content (AvgIpc) is 2.20. The molecule has 0 aliphatic rings. The molecule has 0 bridgehead atoms.